The van der Waals surface area contributed by atoms with Crippen molar-refractivity contribution in [3.8, 4) is 11.5 Å². The first-order chi connectivity index (χ1) is 15.0. The number of piperazine rings is 1. The summed E-state index contributed by atoms with van der Waals surface area (Å²) in [5.41, 5.74) is 1.61. The number of rotatable bonds is 6. The summed E-state index contributed by atoms with van der Waals surface area (Å²) in [7, 11) is 0. The summed E-state index contributed by atoms with van der Waals surface area (Å²) in [6, 6.07) is 13.8. The Kier molecular flexibility index (Phi) is 7.48. The fourth-order valence-corrected chi connectivity index (χ4v) is 3.12. The second kappa shape index (κ2) is 10.5. The summed E-state index contributed by atoms with van der Waals surface area (Å²) in [6.45, 7) is 5.65. The Balaban J connectivity index is 1.46. The SMILES string of the molecule is CCOC(=O)Oc1ccc(C(=O)N2CCN(C(=O)COc3ccc(C)cc3)CC2)cc1. The Morgan fingerprint density at radius 1 is 0.839 bits per heavy atom. The highest BCUT2D eigenvalue weighted by molar-refractivity contribution is 5.94. The Bertz CT molecular complexity index is 903. The van der Waals surface area contributed by atoms with Gasteiger partial charge >= 0.3 is 6.16 Å². The normalized spacial score (nSPS) is 13.5. The number of aryl methyl sites for hydroxylation is 1. The number of benzene rings is 2. The van der Waals surface area contributed by atoms with Crippen LogP contribution in [0.3, 0.4) is 0 Å². The summed E-state index contributed by atoms with van der Waals surface area (Å²) >= 11 is 0. The molecule has 0 aliphatic carbocycles. The number of hydrogen-bond acceptors (Lipinski definition) is 6. The summed E-state index contributed by atoms with van der Waals surface area (Å²) in [6.07, 6.45) is -0.784. The minimum absolute atomic E-state index is 0.0288. The van der Waals surface area contributed by atoms with E-state index >= 15 is 0 Å². The fraction of sp³-hybridized carbons (Fsp3) is 0.348. The topological polar surface area (TPSA) is 85.4 Å². The van der Waals surface area contributed by atoms with Crippen molar-refractivity contribution in [3.05, 3.63) is 59.7 Å². The number of nitrogens with zero attached hydrogens (tertiary/aromatic N) is 2. The van der Waals surface area contributed by atoms with Crippen molar-refractivity contribution in [1.29, 1.82) is 0 Å². The van der Waals surface area contributed by atoms with E-state index in [0.717, 1.165) is 5.56 Å². The molecule has 2 amide bonds. The lowest BCUT2D eigenvalue weighted by Gasteiger charge is -2.34. The van der Waals surface area contributed by atoms with Gasteiger partial charge in [0.1, 0.15) is 11.5 Å². The first-order valence-corrected chi connectivity index (χ1v) is 10.2. The number of hydrogen-bond donors (Lipinski definition) is 0. The van der Waals surface area contributed by atoms with E-state index in [0.29, 0.717) is 43.2 Å². The van der Waals surface area contributed by atoms with Crippen LogP contribution >= 0.6 is 0 Å². The van der Waals surface area contributed by atoms with Crippen LogP contribution in [0.1, 0.15) is 22.8 Å². The number of amides is 2. The molecular formula is C23H26N2O6. The van der Waals surface area contributed by atoms with Crippen LogP contribution < -0.4 is 9.47 Å². The van der Waals surface area contributed by atoms with E-state index < -0.39 is 6.16 Å². The first kappa shape index (κ1) is 22.1. The minimum Gasteiger partial charge on any atom is -0.484 e. The van der Waals surface area contributed by atoms with Crippen molar-refractivity contribution in [2.24, 2.45) is 0 Å². The van der Waals surface area contributed by atoms with Crippen LogP contribution in [0.25, 0.3) is 0 Å². The van der Waals surface area contributed by atoms with Gasteiger partial charge in [0.25, 0.3) is 11.8 Å². The van der Waals surface area contributed by atoms with Crippen molar-refractivity contribution >= 4 is 18.0 Å². The lowest BCUT2D eigenvalue weighted by atomic mass is 10.1. The van der Waals surface area contributed by atoms with Gasteiger partial charge in [0, 0.05) is 31.7 Å². The van der Waals surface area contributed by atoms with Crippen LogP contribution in [0.2, 0.25) is 0 Å². The highest BCUT2D eigenvalue weighted by atomic mass is 16.7. The summed E-state index contributed by atoms with van der Waals surface area (Å²) in [5.74, 6) is 0.723. The van der Waals surface area contributed by atoms with Gasteiger partial charge < -0.3 is 24.0 Å². The van der Waals surface area contributed by atoms with Gasteiger partial charge in [0.05, 0.1) is 6.61 Å². The van der Waals surface area contributed by atoms with E-state index in [1.54, 1.807) is 41.0 Å². The van der Waals surface area contributed by atoms with Crippen LogP contribution in [0, 0.1) is 6.92 Å². The summed E-state index contributed by atoms with van der Waals surface area (Å²) in [4.78, 5) is 39.9. The van der Waals surface area contributed by atoms with Gasteiger partial charge in [0.2, 0.25) is 0 Å². The third-order valence-corrected chi connectivity index (χ3v) is 4.87. The van der Waals surface area contributed by atoms with Gasteiger partial charge in [-0.3, -0.25) is 9.59 Å². The smallest absolute Gasteiger partial charge is 0.484 e. The highest BCUT2D eigenvalue weighted by Crippen LogP contribution is 2.16. The van der Waals surface area contributed by atoms with Crippen LogP contribution in [0.15, 0.2) is 48.5 Å². The standard InChI is InChI=1S/C23H26N2O6/c1-3-29-23(28)31-20-10-6-18(7-11-20)22(27)25-14-12-24(13-15-25)21(26)16-30-19-8-4-17(2)5-9-19/h4-11H,3,12-16H2,1-2H3. The monoisotopic (exact) mass is 426 g/mol. The average Bonchev–Trinajstić information content (AvgIpc) is 2.79. The van der Waals surface area contributed by atoms with E-state index in [-0.39, 0.29) is 25.0 Å². The Morgan fingerprint density at radius 2 is 1.42 bits per heavy atom. The van der Waals surface area contributed by atoms with Crippen molar-refractivity contribution < 1.29 is 28.6 Å². The number of carbonyl (C=O) groups excluding carboxylic acids is 3. The summed E-state index contributed by atoms with van der Waals surface area (Å²) < 4.78 is 15.3. The highest BCUT2D eigenvalue weighted by Gasteiger charge is 2.25. The molecule has 0 unspecified atom stereocenters. The molecule has 1 fully saturated rings. The van der Waals surface area contributed by atoms with Crippen LogP contribution in [0.4, 0.5) is 4.79 Å². The van der Waals surface area contributed by atoms with Gasteiger partial charge in [-0.1, -0.05) is 17.7 Å². The van der Waals surface area contributed by atoms with E-state index in [1.165, 1.54) is 0 Å². The second-order valence-corrected chi connectivity index (χ2v) is 7.08. The van der Waals surface area contributed by atoms with Gasteiger partial charge in [-0.2, -0.15) is 0 Å². The van der Waals surface area contributed by atoms with Crippen molar-refractivity contribution in [2.75, 3.05) is 39.4 Å². The lowest BCUT2D eigenvalue weighted by Crippen LogP contribution is -2.51. The van der Waals surface area contributed by atoms with Crippen molar-refractivity contribution in [3.63, 3.8) is 0 Å². The van der Waals surface area contributed by atoms with Gasteiger partial charge in [-0.15, -0.1) is 0 Å². The molecule has 164 valence electrons. The predicted octanol–water partition coefficient (Wildman–Crippen LogP) is 2.89. The summed E-state index contributed by atoms with van der Waals surface area (Å²) in [5, 5.41) is 0. The lowest BCUT2D eigenvalue weighted by molar-refractivity contribution is -0.134. The molecule has 0 saturated carbocycles. The third kappa shape index (κ3) is 6.21. The zero-order valence-electron chi connectivity index (χ0n) is 17.7. The van der Waals surface area contributed by atoms with Crippen molar-refractivity contribution in [2.45, 2.75) is 13.8 Å². The molecule has 2 aromatic carbocycles. The van der Waals surface area contributed by atoms with E-state index in [4.69, 9.17) is 14.2 Å². The molecule has 1 heterocycles. The Morgan fingerprint density at radius 3 is 2.03 bits per heavy atom. The second-order valence-electron chi connectivity index (χ2n) is 7.08. The average molecular weight is 426 g/mol. The predicted molar refractivity (Wildman–Crippen MR) is 113 cm³/mol. The Labute approximate surface area is 181 Å². The largest absolute Gasteiger partial charge is 0.513 e. The molecule has 8 heteroatoms. The molecule has 1 saturated heterocycles. The Hall–Kier alpha value is -3.55. The van der Waals surface area contributed by atoms with E-state index in [1.807, 2.05) is 31.2 Å². The molecule has 31 heavy (non-hydrogen) atoms. The molecule has 0 radical (unpaired) electrons. The van der Waals surface area contributed by atoms with Crippen LogP contribution in [0.5, 0.6) is 11.5 Å². The zero-order chi connectivity index (χ0) is 22.2. The third-order valence-electron chi connectivity index (χ3n) is 4.87. The molecule has 0 N–H and O–H groups in total. The molecule has 0 atom stereocenters. The number of ether oxygens (including phenoxy) is 3. The maximum absolute atomic E-state index is 12.7. The molecule has 0 spiro atoms. The molecule has 0 bridgehead atoms. The maximum atomic E-state index is 12.7. The first-order valence-electron chi connectivity index (χ1n) is 10.2. The molecule has 2 aromatic rings. The quantitative estimate of drug-likeness (QED) is 0.522. The zero-order valence-corrected chi connectivity index (χ0v) is 17.7. The molecule has 8 nitrogen and oxygen atoms in total. The molecule has 1 aliphatic heterocycles. The van der Waals surface area contributed by atoms with Crippen LogP contribution in [-0.2, 0) is 9.53 Å². The van der Waals surface area contributed by atoms with E-state index in [2.05, 4.69) is 0 Å². The van der Waals surface area contributed by atoms with Gasteiger partial charge in [-0.05, 0) is 50.2 Å². The molecule has 0 aromatic heterocycles. The number of carbonyl (C=O) groups is 3. The van der Waals surface area contributed by atoms with Crippen molar-refractivity contribution in [1.82, 2.24) is 9.80 Å². The molecule has 1 aliphatic rings. The van der Waals surface area contributed by atoms with Gasteiger partial charge in [0.15, 0.2) is 6.61 Å². The fourth-order valence-electron chi connectivity index (χ4n) is 3.12. The molecular weight excluding hydrogens is 400 g/mol. The molecule has 3 rings (SSSR count). The van der Waals surface area contributed by atoms with Gasteiger partial charge in [-0.25, -0.2) is 4.79 Å². The van der Waals surface area contributed by atoms with E-state index in [9.17, 15) is 14.4 Å². The van der Waals surface area contributed by atoms with Crippen LogP contribution in [-0.4, -0.2) is 67.2 Å². The maximum Gasteiger partial charge on any atom is 0.513 e. The minimum atomic E-state index is -0.784.